The molecule has 5 rings (SSSR count). The average Bonchev–Trinajstić information content (AvgIpc) is 3.10. The van der Waals surface area contributed by atoms with Gasteiger partial charge < -0.3 is 10.2 Å². The van der Waals surface area contributed by atoms with Crippen LogP contribution in [0.15, 0.2) is 91.1 Å². The van der Waals surface area contributed by atoms with Gasteiger partial charge in [0.2, 0.25) is 5.91 Å². The number of hydrogen-bond donors (Lipinski definition) is 1. The van der Waals surface area contributed by atoms with Crippen LogP contribution in [0.25, 0.3) is 16.5 Å². The van der Waals surface area contributed by atoms with Crippen LogP contribution in [0.3, 0.4) is 0 Å². The Morgan fingerprint density at radius 3 is 2.67 bits per heavy atom. The van der Waals surface area contributed by atoms with Crippen molar-refractivity contribution in [1.82, 2.24) is 4.98 Å². The summed E-state index contributed by atoms with van der Waals surface area (Å²) in [6.45, 7) is 0.345. The maximum absolute atomic E-state index is 13.3. The molecule has 1 aliphatic rings. The fraction of sp³-hybridized carbons (Fsp3) is 0.0370. The minimum atomic E-state index is -0.378. The Morgan fingerprint density at radius 1 is 1.03 bits per heavy atom. The van der Waals surface area contributed by atoms with Gasteiger partial charge in [0, 0.05) is 28.9 Å². The molecule has 6 nitrogen and oxygen atoms in total. The molecule has 6 heteroatoms. The van der Waals surface area contributed by atoms with E-state index in [1.165, 1.54) is 6.08 Å². The number of nitriles is 1. The van der Waals surface area contributed by atoms with Gasteiger partial charge in [-0.1, -0.05) is 36.4 Å². The number of rotatable bonds is 4. The number of carbonyl (C=O) groups excluding carboxylic acids is 2. The zero-order valence-electron chi connectivity index (χ0n) is 17.5. The van der Waals surface area contributed by atoms with Crippen LogP contribution in [0.4, 0.5) is 11.4 Å². The smallest absolute Gasteiger partial charge is 0.259 e. The third kappa shape index (κ3) is 3.95. The number of hydrogen-bond acceptors (Lipinski definition) is 4. The summed E-state index contributed by atoms with van der Waals surface area (Å²) in [4.78, 5) is 32.0. The van der Waals surface area contributed by atoms with Gasteiger partial charge in [0.1, 0.15) is 0 Å². The lowest BCUT2D eigenvalue weighted by atomic mass is 10.1. The van der Waals surface area contributed by atoms with E-state index >= 15 is 0 Å². The van der Waals surface area contributed by atoms with E-state index in [9.17, 15) is 9.59 Å². The molecular weight excluding hydrogens is 412 g/mol. The van der Waals surface area contributed by atoms with Crippen LogP contribution in [0.5, 0.6) is 0 Å². The lowest BCUT2D eigenvalue weighted by Crippen LogP contribution is -2.26. The highest BCUT2D eigenvalue weighted by atomic mass is 16.2. The monoisotopic (exact) mass is 430 g/mol. The number of para-hydroxylation sites is 1. The third-order valence-corrected chi connectivity index (χ3v) is 5.53. The SMILES string of the molecule is N#Cc1ccc(CN2C(=O)/C(=C/C(=O)Nc3ccc4ncccc4c3)c3ccccc32)cc1. The average molecular weight is 430 g/mol. The number of fused-ring (bicyclic) bond motifs is 2. The first-order valence-corrected chi connectivity index (χ1v) is 10.4. The number of pyridine rings is 1. The van der Waals surface area contributed by atoms with Crippen molar-refractivity contribution in [2.45, 2.75) is 6.54 Å². The predicted octanol–water partition coefficient (Wildman–Crippen LogP) is 4.68. The zero-order valence-corrected chi connectivity index (χ0v) is 17.5. The summed E-state index contributed by atoms with van der Waals surface area (Å²) in [5.74, 6) is -0.616. The first-order chi connectivity index (χ1) is 16.1. The molecule has 0 saturated carbocycles. The number of carbonyl (C=O) groups is 2. The van der Waals surface area contributed by atoms with Crippen molar-refractivity contribution in [2.75, 3.05) is 10.2 Å². The number of amides is 2. The van der Waals surface area contributed by atoms with Crippen LogP contribution in [0.1, 0.15) is 16.7 Å². The summed E-state index contributed by atoms with van der Waals surface area (Å²) in [5, 5.41) is 12.8. The number of nitrogens with one attached hydrogen (secondary N) is 1. The topological polar surface area (TPSA) is 86.1 Å². The number of aromatic nitrogens is 1. The predicted molar refractivity (Wildman–Crippen MR) is 127 cm³/mol. The standard InChI is InChI=1S/C27H18N4O2/c28-16-18-7-9-19(10-8-18)17-31-25-6-2-1-5-22(25)23(27(31)33)15-26(32)30-21-11-12-24-20(14-21)4-3-13-29-24/h1-15H,17H2,(H,30,32)/b23-15+. The third-order valence-electron chi connectivity index (χ3n) is 5.53. The normalized spacial score (nSPS) is 13.7. The molecule has 0 saturated heterocycles. The second kappa shape index (κ2) is 8.40. The minimum absolute atomic E-state index is 0.238. The van der Waals surface area contributed by atoms with Crippen LogP contribution in [0.2, 0.25) is 0 Å². The van der Waals surface area contributed by atoms with E-state index in [2.05, 4.69) is 16.4 Å². The van der Waals surface area contributed by atoms with Crippen LogP contribution >= 0.6 is 0 Å². The minimum Gasteiger partial charge on any atom is -0.322 e. The van der Waals surface area contributed by atoms with Crippen LogP contribution in [-0.4, -0.2) is 16.8 Å². The van der Waals surface area contributed by atoms with Crippen LogP contribution < -0.4 is 10.2 Å². The summed E-state index contributed by atoms with van der Waals surface area (Å²) in [7, 11) is 0. The second-order valence-corrected chi connectivity index (χ2v) is 7.68. The molecule has 33 heavy (non-hydrogen) atoms. The molecule has 1 N–H and O–H groups in total. The quantitative estimate of drug-likeness (QED) is 0.477. The summed E-state index contributed by atoms with van der Waals surface area (Å²) in [5.41, 5.74) is 4.75. The number of anilines is 2. The highest BCUT2D eigenvalue weighted by Crippen LogP contribution is 2.37. The Hall–Kier alpha value is -4.76. The molecule has 158 valence electrons. The molecular formula is C27H18N4O2. The summed E-state index contributed by atoms with van der Waals surface area (Å²) < 4.78 is 0. The van der Waals surface area contributed by atoms with E-state index in [4.69, 9.17) is 5.26 Å². The molecule has 0 radical (unpaired) electrons. The van der Waals surface area contributed by atoms with E-state index in [0.29, 0.717) is 28.9 Å². The van der Waals surface area contributed by atoms with Crippen molar-refractivity contribution < 1.29 is 9.59 Å². The molecule has 1 aliphatic heterocycles. The molecule has 0 unspecified atom stereocenters. The summed E-state index contributed by atoms with van der Waals surface area (Å²) >= 11 is 0. The van der Waals surface area contributed by atoms with Gasteiger partial charge in [-0.15, -0.1) is 0 Å². The van der Waals surface area contributed by atoms with E-state index in [-0.39, 0.29) is 11.8 Å². The second-order valence-electron chi connectivity index (χ2n) is 7.68. The lowest BCUT2D eigenvalue weighted by Gasteiger charge is -2.17. The van der Waals surface area contributed by atoms with Gasteiger partial charge >= 0.3 is 0 Å². The molecule has 0 spiro atoms. The Balaban J connectivity index is 1.41. The van der Waals surface area contributed by atoms with Gasteiger partial charge in [0.05, 0.1) is 35.0 Å². The Bertz CT molecular complexity index is 1470. The molecule has 3 aromatic carbocycles. The van der Waals surface area contributed by atoms with Gasteiger partial charge in [-0.3, -0.25) is 14.6 Å². The van der Waals surface area contributed by atoms with Gasteiger partial charge in [0.15, 0.2) is 0 Å². The maximum atomic E-state index is 13.3. The van der Waals surface area contributed by atoms with Crippen molar-refractivity contribution in [2.24, 2.45) is 0 Å². The Morgan fingerprint density at radius 2 is 1.85 bits per heavy atom. The fourth-order valence-corrected chi connectivity index (χ4v) is 3.93. The van der Waals surface area contributed by atoms with E-state index in [1.807, 2.05) is 60.7 Å². The van der Waals surface area contributed by atoms with Gasteiger partial charge in [-0.2, -0.15) is 5.26 Å². The molecule has 0 fully saturated rings. The highest BCUT2D eigenvalue weighted by Gasteiger charge is 2.32. The largest absolute Gasteiger partial charge is 0.322 e. The highest BCUT2D eigenvalue weighted by molar-refractivity contribution is 6.35. The molecule has 2 amide bonds. The first-order valence-electron chi connectivity index (χ1n) is 10.4. The first kappa shape index (κ1) is 20.2. The molecule has 0 aliphatic carbocycles. The van der Waals surface area contributed by atoms with Crippen molar-refractivity contribution in [3.05, 3.63) is 108 Å². The number of benzene rings is 3. The molecule has 2 heterocycles. The van der Waals surface area contributed by atoms with Crippen molar-refractivity contribution in [3.8, 4) is 6.07 Å². The van der Waals surface area contributed by atoms with Gasteiger partial charge in [-0.05, 0) is 48.0 Å². The molecule has 1 aromatic heterocycles. The summed E-state index contributed by atoms with van der Waals surface area (Å²) in [6.07, 6.45) is 3.07. The van der Waals surface area contributed by atoms with Crippen LogP contribution in [0, 0.1) is 11.3 Å². The van der Waals surface area contributed by atoms with E-state index in [1.54, 1.807) is 29.3 Å². The fourth-order valence-electron chi connectivity index (χ4n) is 3.93. The van der Waals surface area contributed by atoms with Crippen LogP contribution in [-0.2, 0) is 16.1 Å². The van der Waals surface area contributed by atoms with E-state index < -0.39 is 0 Å². The molecule has 4 aromatic rings. The lowest BCUT2D eigenvalue weighted by molar-refractivity contribution is -0.114. The van der Waals surface area contributed by atoms with Crippen molar-refractivity contribution in [1.29, 1.82) is 5.26 Å². The summed E-state index contributed by atoms with van der Waals surface area (Å²) in [6, 6.07) is 25.9. The van der Waals surface area contributed by atoms with Crippen molar-refractivity contribution >= 4 is 39.7 Å². The van der Waals surface area contributed by atoms with Crippen molar-refractivity contribution in [3.63, 3.8) is 0 Å². The molecule has 0 atom stereocenters. The number of nitrogens with zero attached hydrogens (tertiary/aromatic N) is 3. The van der Waals surface area contributed by atoms with Gasteiger partial charge in [0.25, 0.3) is 5.91 Å². The molecule has 0 bridgehead atoms. The maximum Gasteiger partial charge on any atom is 0.259 e. The van der Waals surface area contributed by atoms with E-state index in [0.717, 1.165) is 22.2 Å². The Kier molecular flexibility index (Phi) is 5.13. The zero-order chi connectivity index (χ0) is 22.8. The Labute approximate surface area is 190 Å². The van der Waals surface area contributed by atoms with Gasteiger partial charge in [-0.25, -0.2) is 0 Å².